The van der Waals surface area contributed by atoms with Crippen molar-refractivity contribution in [3.63, 3.8) is 0 Å². The minimum absolute atomic E-state index is 0.290. The Morgan fingerprint density at radius 3 is 2.82 bits per heavy atom. The number of aryl methyl sites for hydroxylation is 1. The number of nitrogens with two attached hydrogens (primary N) is 1. The predicted molar refractivity (Wildman–Crippen MR) is 63.5 cm³/mol. The number of hydrogen-bond donors (Lipinski definition) is 2. The molecule has 0 fully saturated rings. The number of imidazole rings is 1. The van der Waals surface area contributed by atoms with Crippen LogP contribution in [0, 0.1) is 12.7 Å². The Kier molecular flexibility index (Phi) is 2.99. The molecule has 4 nitrogen and oxygen atoms in total. The molecule has 0 radical (unpaired) electrons. The molecule has 3 N–H and O–H groups in total. The molecule has 1 heterocycles. The molecule has 0 atom stereocenters. The van der Waals surface area contributed by atoms with Gasteiger partial charge >= 0.3 is 0 Å². The van der Waals surface area contributed by atoms with Crippen LogP contribution in [-0.4, -0.2) is 17.1 Å². The average Bonchev–Trinajstić information content (AvgIpc) is 2.58. The van der Waals surface area contributed by atoms with Crippen molar-refractivity contribution in [2.45, 2.75) is 13.3 Å². The molecule has 0 amide bonds. The minimum atomic E-state index is -0.290. The Labute approximate surface area is 98.6 Å². The van der Waals surface area contributed by atoms with E-state index in [4.69, 9.17) is 10.5 Å². The van der Waals surface area contributed by atoms with Crippen LogP contribution in [0.5, 0.6) is 5.75 Å². The number of rotatable bonds is 3. The van der Waals surface area contributed by atoms with Crippen LogP contribution in [-0.2, 0) is 6.42 Å². The van der Waals surface area contributed by atoms with E-state index in [2.05, 4.69) is 9.97 Å². The van der Waals surface area contributed by atoms with Gasteiger partial charge in [0.25, 0.3) is 0 Å². The molecule has 0 aliphatic rings. The normalized spacial score (nSPS) is 10.5. The summed E-state index contributed by atoms with van der Waals surface area (Å²) in [5.41, 5.74) is 7.99. The average molecular weight is 235 g/mol. The van der Waals surface area contributed by atoms with Crippen LogP contribution in [0.25, 0.3) is 0 Å². The van der Waals surface area contributed by atoms with E-state index in [0.29, 0.717) is 18.1 Å². The molecule has 0 aliphatic heterocycles. The Morgan fingerprint density at radius 1 is 1.47 bits per heavy atom. The van der Waals surface area contributed by atoms with Crippen molar-refractivity contribution in [3.8, 4) is 5.75 Å². The SMILES string of the molecule is COc1ccc(F)cc1Cc1nc(N)[nH]c1C. The van der Waals surface area contributed by atoms with Crippen molar-refractivity contribution in [1.29, 1.82) is 0 Å². The number of ether oxygens (including phenoxy) is 1. The highest BCUT2D eigenvalue weighted by atomic mass is 19.1. The Hall–Kier alpha value is -2.04. The topological polar surface area (TPSA) is 63.9 Å². The molecule has 0 spiro atoms. The first kappa shape index (κ1) is 11.4. The van der Waals surface area contributed by atoms with Crippen molar-refractivity contribution < 1.29 is 9.13 Å². The maximum atomic E-state index is 13.2. The number of benzene rings is 1. The number of methoxy groups -OCH3 is 1. The number of halogens is 1. The van der Waals surface area contributed by atoms with Crippen LogP contribution in [0.2, 0.25) is 0 Å². The van der Waals surface area contributed by atoms with Gasteiger partial charge in [0, 0.05) is 17.7 Å². The molecular formula is C12H14FN3O. The van der Waals surface area contributed by atoms with E-state index in [-0.39, 0.29) is 5.82 Å². The second kappa shape index (κ2) is 4.45. The highest BCUT2D eigenvalue weighted by molar-refractivity contribution is 5.38. The quantitative estimate of drug-likeness (QED) is 0.855. The van der Waals surface area contributed by atoms with Crippen LogP contribution < -0.4 is 10.5 Å². The summed E-state index contributed by atoms with van der Waals surface area (Å²) < 4.78 is 18.4. The summed E-state index contributed by atoms with van der Waals surface area (Å²) in [5.74, 6) is 0.724. The third kappa shape index (κ3) is 2.38. The standard InChI is InChI=1S/C12H14FN3O/c1-7-10(16-12(14)15-7)6-8-5-9(13)3-4-11(8)17-2/h3-5H,6H2,1-2H3,(H3,14,15,16). The molecule has 5 heteroatoms. The molecule has 0 aliphatic carbocycles. The maximum Gasteiger partial charge on any atom is 0.197 e. The molecule has 0 saturated carbocycles. The first-order chi connectivity index (χ1) is 8.10. The van der Waals surface area contributed by atoms with E-state index < -0.39 is 0 Å². The highest BCUT2D eigenvalue weighted by Gasteiger charge is 2.10. The fraction of sp³-hybridized carbons (Fsp3) is 0.250. The first-order valence-corrected chi connectivity index (χ1v) is 5.23. The van der Waals surface area contributed by atoms with E-state index in [9.17, 15) is 4.39 Å². The van der Waals surface area contributed by atoms with Gasteiger partial charge in [-0.2, -0.15) is 0 Å². The van der Waals surface area contributed by atoms with Crippen molar-refractivity contribution in [2.75, 3.05) is 12.8 Å². The van der Waals surface area contributed by atoms with Gasteiger partial charge in [-0.25, -0.2) is 9.37 Å². The third-order valence-electron chi connectivity index (χ3n) is 2.60. The predicted octanol–water partition coefficient (Wildman–Crippen LogP) is 2.04. The smallest absolute Gasteiger partial charge is 0.197 e. The molecule has 1 aromatic carbocycles. The molecule has 2 aromatic rings. The van der Waals surface area contributed by atoms with Gasteiger partial charge in [-0.05, 0) is 25.1 Å². The van der Waals surface area contributed by atoms with Crippen molar-refractivity contribution in [3.05, 3.63) is 41.0 Å². The number of nitrogens with zero attached hydrogens (tertiary/aromatic N) is 1. The summed E-state index contributed by atoms with van der Waals surface area (Å²) in [4.78, 5) is 7.07. The molecule has 0 saturated heterocycles. The zero-order valence-corrected chi connectivity index (χ0v) is 9.75. The van der Waals surface area contributed by atoms with Crippen LogP contribution in [0.3, 0.4) is 0 Å². The number of H-pyrrole nitrogens is 1. The van der Waals surface area contributed by atoms with Gasteiger partial charge in [-0.15, -0.1) is 0 Å². The first-order valence-electron chi connectivity index (χ1n) is 5.23. The summed E-state index contributed by atoms with van der Waals surface area (Å²) in [5, 5.41) is 0. The summed E-state index contributed by atoms with van der Waals surface area (Å²) in [6, 6.07) is 4.42. The summed E-state index contributed by atoms with van der Waals surface area (Å²) in [7, 11) is 1.56. The zero-order valence-electron chi connectivity index (χ0n) is 9.75. The second-order valence-electron chi connectivity index (χ2n) is 3.83. The highest BCUT2D eigenvalue weighted by Crippen LogP contribution is 2.23. The largest absolute Gasteiger partial charge is 0.496 e. The van der Waals surface area contributed by atoms with Gasteiger partial charge in [0.2, 0.25) is 0 Å². The monoisotopic (exact) mass is 235 g/mol. The van der Waals surface area contributed by atoms with E-state index >= 15 is 0 Å². The van der Waals surface area contributed by atoms with Gasteiger partial charge in [0.15, 0.2) is 5.95 Å². The van der Waals surface area contributed by atoms with Gasteiger partial charge < -0.3 is 15.5 Å². The van der Waals surface area contributed by atoms with E-state index in [1.165, 1.54) is 12.1 Å². The molecule has 17 heavy (non-hydrogen) atoms. The van der Waals surface area contributed by atoms with Gasteiger partial charge in [0.05, 0.1) is 12.8 Å². The molecule has 1 aromatic heterocycles. The van der Waals surface area contributed by atoms with Crippen LogP contribution in [0.15, 0.2) is 18.2 Å². The maximum absolute atomic E-state index is 13.2. The molecule has 90 valence electrons. The van der Waals surface area contributed by atoms with Crippen LogP contribution in [0.4, 0.5) is 10.3 Å². The lowest BCUT2D eigenvalue weighted by Crippen LogP contribution is -1.97. The van der Waals surface area contributed by atoms with Gasteiger partial charge in [-0.3, -0.25) is 0 Å². The van der Waals surface area contributed by atoms with Crippen LogP contribution >= 0.6 is 0 Å². The number of anilines is 1. The number of aromatic nitrogens is 2. The van der Waals surface area contributed by atoms with Crippen LogP contribution in [0.1, 0.15) is 17.0 Å². The number of aromatic amines is 1. The Bertz CT molecular complexity index is 537. The lowest BCUT2D eigenvalue weighted by molar-refractivity contribution is 0.409. The zero-order chi connectivity index (χ0) is 12.4. The lowest BCUT2D eigenvalue weighted by atomic mass is 10.1. The van der Waals surface area contributed by atoms with Gasteiger partial charge in [0.1, 0.15) is 11.6 Å². The fourth-order valence-electron chi connectivity index (χ4n) is 1.76. The number of nitrogens with one attached hydrogen (secondary N) is 1. The summed E-state index contributed by atoms with van der Waals surface area (Å²) in [6.07, 6.45) is 0.487. The van der Waals surface area contributed by atoms with Crippen molar-refractivity contribution in [1.82, 2.24) is 9.97 Å². The minimum Gasteiger partial charge on any atom is -0.496 e. The Balaban J connectivity index is 2.35. The molecule has 0 unspecified atom stereocenters. The van der Waals surface area contributed by atoms with Gasteiger partial charge in [-0.1, -0.05) is 0 Å². The van der Waals surface area contributed by atoms with E-state index in [1.54, 1.807) is 13.2 Å². The van der Waals surface area contributed by atoms with Crippen molar-refractivity contribution >= 4 is 5.95 Å². The lowest BCUT2D eigenvalue weighted by Gasteiger charge is -2.07. The number of nitrogen functional groups attached to an aromatic ring is 1. The number of hydrogen-bond acceptors (Lipinski definition) is 3. The molecule has 2 rings (SSSR count). The van der Waals surface area contributed by atoms with E-state index in [0.717, 1.165) is 17.0 Å². The Morgan fingerprint density at radius 2 is 2.24 bits per heavy atom. The van der Waals surface area contributed by atoms with Crippen molar-refractivity contribution in [2.24, 2.45) is 0 Å². The molecular weight excluding hydrogens is 221 g/mol. The summed E-state index contributed by atoms with van der Waals surface area (Å²) >= 11 is 0. The second-order valence-corrected chi connectivity index (χ2v) is 3.83. The third-order valence-corrected chi connectivity index (χ3v) is 2.60. The molecule has 0 bridgehead atoms. The summed E-state index contributed by atoms with van der Waals surface area (Å²) in [6.45, 7) is 1.88. The van der Waals surface area contributed by atoms with E-state index in [1.807, 2.05) is 6.92 Å². The fourth-order valence-corrected chi connectivity index (χ4v) is 1.76.